The fraction of sp³-hybridized carbons (Fsp3) is 0.333. The molecule has 0 saturated heterocycles. The van der Waals surface area contributed by atoms with Gasteiger partial charge in [-0.15, -0.1) is 0 Å². The summed E-state index contributed by atoms with van der Waals surface area (Å²) in [5.41, 5.74) is 0.797. The molecule has 4 nitrogen and oxygen atoms in total. The number of rotatable bonds is 8. The number of carbonyl (C=O) groups excluding carboxylic acids is 2. The van der Waals surface area contributed by atoms with E-state index >= 15 is 0 Å². The number of benzene rings is 2. The molecule has 2 rings (SSSR count). The zero-order valence-electron chi connectivity index (χ0n) is 15.5. The van der Waals surface area contributed by atoms with Crippen LogP contribution in [0.3, 0.4) is 0 Å². The molecule has 0 fully saturated rings. The van der Waals surface area contributed by atoms with Crippen LogP contribution in [0.25, 0.3) is 0 Å². The highest BCUT2D eigenvalue weighted by Crippen LogP contribution is 2.16. The van der Waals surface area contributed by atoms with Crippen LogP contribution >= 0.6 is 11.6 Å². The lowest BCUT2D eigenvalue weighted by Gasteiger charge is -2.22. The van der Waals surface area contributed by atoms with Crippen molar-refractivity contribution in [3.63, 3.8) is 0 Å². The highest BCUT2D eigenvalue weighted by molar-refractivity contribution is 6.30. The van der Waals surface area contributed by atoms with Crippen LogP contribution in [0.4, 0.5) is 4.39 Å². The van der Waals surface area contributed by atoms with Crippen molar-refractivity contribution in [1.82, 2.24) is 10.6 Å². The second-order valence-electron chi connectivity index (χ2n) is 6.89. The smallest absolute Gasteiger partial charge is 0.235 e. The van der Waals surface area contributed by atoms with Crippen molar-refractivity contribution in [1.29, 1.82) is 0 Å². The topological polar surface area (TPSA) is 58.2 Å². The summed E-state index contributed by atoms with van der Waals surface area (Å²) in [6.45, 7) is 4.01. The molecule has 6 heteroatoms. The van der Waals surface area contributed by atoms with Gasteiger partial charge in [0.05, 0.1) is 0 Å². The van der Waals surface area contributed by atoms with E-state index in [1.807, 2.05) is 12.1 Å². The van der Waals surface area contributed by atoms with Gasteiger partial charge in [-0.2, -0.15) is 0 Å². The second-order valence-corrected chi connectivity index (χ2v) is 7.33. The fourth-order valence-corrected chi connectivity index (χ4v) is 2.61. The van der Waals surface area contributed by atoms with E-state index in [1.165, 1.54) is 12.1 Å². The molecular formula is C21H24ClFN2O2. The molecule has 0 aliphatic rings. The maximum atomic E-state index is 12.9. The summed E-state index contributed by atoms with van der Waals surface area (Å²) >= 11 is 5.85. The van der Waals surface area contributed by atoms with Gasteiger partial charge in [0.1, 0.15) is 11.2 Å². The first kappa shape index (κ1) is 20.9. The molecule has 2 N–H and O–H groups in total. The van der Waals surface area contributed by atoms with Crippen molar-refractivity contribution >= 4 is 23.4 Å². The summed E-state index contributed by atoms with van der Waals surface area (Å²) in [5.74, 6) is -0.955. The Labute approximate surface area is 164 Å². The number of hydrogen-bond donors (Lipinski definition) is 2. The normalized spacial score (nSPS) is 11.1. The molecule has 0 unspecified atom stereocenters. The van der Waals surface area contributed by atoms with E-state index in [9.17, 15) is 14.0 Å². The lowest BCUT2D eigenvalue weighted by atomic mass is 9.91. The Kier molecular flexibility index (Phi) is 7.36. The maximum absolute atomic E-state index is 12.9. The van der Waals surface area contributed by atoms with Crippen LogP contribution in [0.15, 0.2) is 48.5 Å². The van der Waals surface area contributed by atoms with Crippen LogP contribution in [0.5, 0.6) is 0 Å². The lowest BCUT2D eigenvalue weighted by molar-refractivity contribution is -0.141. The Morgan fingerprint density at radius 1 is 0.852 bits per heavy atom. The first-order chi connectivity index (χ1) is 12.8. The van der Waals surface area contributed by atoms with Crippen molar-refractivity contribution in [3.05, 3.63) is 70.5 Å². The maximum Gasteiger partial charge on any atom is 0.235 e. The molecule has 0 aromatic heterocycles. The first-order valence-electron chi connectivity index (χ1n) is 8.84. The van der Waals surface area contributed by atoms with E-state index < -0.39 is 5.41 Å². The van der Waals surface area contributed by atoms with Gasteiger partial charge >= 0.3 is 0 Å². The van der Waals surface area contributed by atoms with Crippen LogP contribution in [0.1, 0.15) is 25.0 Å². The molecule has 0 radical (unpaired) electrons. The van der Waals surface area contributed by atoms with Crippen LogP contribution in [0, 0.1) is 11.2 Å². The van der Waals surface area contributed by atoms with Crippen LogP contribution < -0.4 is 10.6 Å². The molecule has 27 heavy (non-hydrogen) atoms. The number of halogens is 2. The largest absolute Gasteiger partial charge is 0.355 e. The molecule has 2 aromatic rings. The zero-order chi connectivity index (χ0) is 19.9. The minimum absolute atomic E-state index is 0.292. The molecule has 0 aliphatic heterocycles. The van der Waals surface area contributed by atoms with E-state index in [2.05, 4.69) is 10.6 Å². The van der Waals surface area contributed by atoms with Crippen LogP contribution in [-0.4, -0.2) is 24.9 Å². The Morgan fingerprint density at radius 2 is 1.26 bits per heavy atom. The lowest BCUT2D eigenvalue weighted by Crippen LogP contribution is -2.48. The molecule has 0 saturated carbocycles. The first-order valence-corrected chi connectivity index (χ1v) is 9.22. The van der Waals surface area contributed by atoms with E-state index in [-0.39, 0.29) is 17.6 Å². The standard InChI is InChI=1S/C21H24ClFN2O2/c1-21(2,19(26)24-13-11-15-3-7-17(22)8-4-15)20(27)25-14-12-16-5-9-18(23)10-6-16/h3-10H,11-14H2,1-2H3,(H,24,26)(H,25,27). The fourth-order valence-electron chi connectivity index (χ4n) is 2.49. The quantitative estimate of drug-likeness (QED) is 0.677. The molecule has 0 bridgehead atoms. The molecule has 144 valence electrons. The van der Waals surface area contributed by atoms with Gasteiger partial charge in [0.25, 0.3) is 0 Å². The average Bonchev–Trinajstić information content (AvgIpc) is 2.64. The van der Waals surface area contributed by atoms with Gasteiger partial charge < -0.3 is 10.6 Å². The highest BCUT2D eigenvalue weighted by Gasteiger charge is 2.35. The van der Waals surface area contributed by atoms with E-state index in [0.717, 1.165) is 11.1 Å². The van der Waals surface area contributed by atoms with Crippen LogP contribution in [0.2, 0.25) is 5.02 Å². The number of amides is 2. The van der Waals surface area contributed by atoms with Gasteiger partial charge in [0.2, 0.25) is 11.8 Å². The van der Waals surface area contributed by atoms with E-state index in [1.54, 1.807) is 38.1 Å². The van der Waals surface area contributed by atoms with Gasteiger partial charge in [-0.05, 0) is 62.1 Å². The summed E-state index contributed by atoms with van der Waals surface area (Å²) in [7, 11) is 0. The predicted octanol–water partition coefficient (Wildman–Crippen LogP) is 3.52. The summed E-state index contributed by atoms with van der Waals surface area (Å²) in [6, 6.07) is 13.5. The molecule has 2 aromatic carbocycles. The third kappa shape index (κ3) is 6.36. The van der Waals surface area contributed by atoms with Gasteiger partial charge in [-0.25, -0.2) is 4.39 Å². The Balaban J connectivity index is 1.76. The molecule has 2 amide bonds. The minimum atomic E-state index is -1.18. The SMILES string of the molecule is CC(C)(C(=O)NCCc1ccc(F)cc1)C(=O)NCCc1ccc(Cl)cc1. The van der Waals surface area contributed by atoms with E-state index in [0.29, 0.717) is 31.0 Å². The second kappa shape index (κ2) is 9.51. The highest BCUT2D eigenvalue weighted by atomic mass is 35.5. The van der Waals surface area contributed by atoms with Gasteiger partial charge in [0.15, 0.2) is 0 Å². The molecule has 0 spiro atoms. The number of hydrogen-bond acceptors (Lipinski definition) is 2. The van der Waals surface area contributed by atoms with Crippen molar-refractivity contribution in [2.24, 2.45) is 5.41 Å². The minimum Gasteiger partial charge on any atom is -0.355 e. The monoisotopic (exact) mass is 390 g/mol. The zero-order valence-corrected chi connectivity index (χ0v) is 16.3. The van der Waals surface area contributed by atoms with Crippen LogP contribution in [-0.2, 0) is 22.4 Å². The van der Waals surface area contributed by atoms with Gasteiger partial charge in [0, 0.05) is 18.1 Å². The Hall–Kier alpha value is -2.40. The number of nitrogens with one attached hydrogen (secondary N) is 2. The van der Waals surface area contributed by atoms with Gasteiger partial charge in [-0.1, -0.05) is 35.9 Å². The molecule has 0 heterocycles. The third-order valence-electron chi connectivity index (χ3n) is 4.36. The Morgan fingerprint density at radius 3 is 1.70 bits per heavy atom. The average molecular weight is 391 g/mol. The van der Waals surface area contributed by atoms with Gasteiger partial charge in [-0.3, -0.25) is 9.59 Å². The van der Waals surface area contributed by atoms with Crippen molar-refractivity contribution in [2.75, 3.05) is 13.1 Å². The Bertz CT molecular complexity index is 708. The summed E-state index contributed by atoms with van der Waals surface area (Å²) in [6.07, 6.45) is 1.23. The van der Waals surface area contributed by atoms with Crippen molar-refractivity contribution < 1.29 is 14.0 Å². The molecule has 0 atom stereocenters. The molecule has 0 aliphatic carbocycles. The number of carbonyl (C=O) groups is 2. The summed E-state index contributed by atoms with van der Waals surface area (Å²) in [4.78, 5) is 24.8. The summed E-state index contributed by atoms with van der Waals surface area (Å²) < 4.78 is 12.9. The summed E-state index contributed by atoms with van der Waals surface area (Å²) in [5, 5.41) is 6.25. The molecular weight excluding hydrogens is 367 g/mol. The van der Waals surface area contributed by atoms with E-state index in [4.69, 9.17) is 11.6 Å². The predicted molar refractivity (Wildman–Crippen MR) is 105 cm³/mol. The third-order valence-corrected chi connectivity index (χ3v) is 4.61. The van der Waals surface area contributed by atoms with Crippen molar-refractivity contribution in [2.45, 2.75) is 26.7 Å². The van der Waals surface area contributed by atoms with Crippen molar-refractivity contribution in [3.8, 4) is 0 Å².